The molecule has 32 heavy (non-hydrogen) atoms. The number of halogens is 4. The molecule has 0 saturated heterocycles. The second-order valence-electron chi connectivity index (χ2n) is 6.98. The van der Waals surface area contributed by atoms with Crippen LogP contribution in [0, 0.1) is 5.82 Å². The third-order valence-corrected chi connectivity index (χ3v) is 4.82. The first kappa shape index (κ1) is 21.3. The molecule has 11 heteroatoms. The van der Waals surface area contributed by atoms with Crippen molar-refractivity contribution in [3.8, 4) is 0 Å². The molecule has 2 amide bonds. The van der Waals surface area contributed by atoms with E-state index in [4.69, 9.17) is 4.84 Å². The van der Waals surface area contributed by atoms with E-state index in [2.05, 4.69) is 15.4 Å². The Bertz CT molecular complexity index is 1160. The first-order valence-electron chi connectivity index (χ1n) is 9.51. The summed E-state index contributed by atoms with van der Waals surface area (Å²) in [7, 11) is 0. The Balaban J connectivity index is 1.40. The predicted octanol–water partition coefficient (Wildman–Crippen LogP) is 4.87. The number of benzene rings is 1. The Hall–Kier alpha value is -3.89. The van der Waals surface area contributed by atoms with Crippen LogP contribution in [0.1, 0.15) is 29.8 Å². The smallest absolute Gasteiger partial charge is 0.373 e. The number of urea groups is 1. The summed E-state index contributed by atoms with van der Waals surface area (Å²) in [6, 6.07) is 6.39. The molecule has 0 bridgehead atoms. The minimum absolute atomic E-state index is 0.0334. The van der Waals surface area contributed by atoms with Gasteiger partial charge in [0, 0.05) is 18.0 Å². The highest BCUT2D eigenvalue weighted by atomic mass is 19.4. The molecule has 7 nitrogen and oxygen atoms in total. The molecule has 0 spiro atoms. The molecule has 166 valence electrons. The summed E-state index contributed by atoms with van der Waals surface area (Å²) in [6.45, 7) is 1.79. The molecule has 0 radical (unpaired) electrons. The van der Waals surface area contributed by atoms with Crippen molar-refractivity contribution in [1.82, 2.24) is 19.8 Å². The van der Waals surface area contributed by atoms with E-state index in [0.717, 1.165) is 17.2 Å². The topological polar surface area (TPSA) is 72.3 Å². The highest BCUT2D eigenvalue weighted by molar-refractivity contribution is 5.89. The number of hydroxylamine groups is 2. The average Bonchev–Trinajstić information content (AvgIpc) is 3.43. The second kappa shape index (κ2) is 8.33. The highest BCUT2D eigenvalue weighted by Gasteiger charge is 2.31. The number of amides is 2. The van der Waals surface area contributed by atoms with Crippen molar-refractivity contribution in [3.63, 3.8) is 0 Å². The van der Waals surface area contributed by atoms with Crippen LogP contribution < -0.4 is 5.32 Å². The van der Waals surface area contributed by atoms with Crippen molar-refractivity contribution >= 4 is 17.5 Å². The minimum atomic E-state index is -4.63. The van der Waals surface area contributed by atoms with Crippen molar-refractivity contribution in [1.29, 1.82) is 0 Å². The van der Waals surface area contributed by atoms with Crippen LogP contribution in [-0.4, -0.2) is 32.4 Å². The molecular formula is C21H17F4N5O2. The summed E-state index contributed by atoms with van der Waals surface area (Å²) in [4.78, 5) is 22.1. The van der Waals surface area contributed by atoms with Crippen molar-refractivity contribution in [3.05, 3.63) is 83.7 Å². The van der Waals surface area contributed by atoms with Gasteiger partial charge in [0.05, 0.1) is 30.0 Å². The lowest BCUT2D eigenvalue weighted by atomic mass is 10.1. The van der Waals surface area contributed by atoms with Gasteiger partial charge in [0.2, 0.25) is 0 Å². The molecule has 0 saturated carbocycles. The molecule has 1 atom stereocenters. The summed E-state index contributed by atoms with van der Waals surface area (Å²) in [5, 5.41) is 7.78. The van der Waals surface area contributed by atoms with Gasteiger partial charge < -0.3 is 10.2 Å². The molecule has 3 aromatic rings. The molecule has 2 aromatic heterocycles. The van der Waals surface area contributed by atoms with Crippen molar-refractivity contribution in [2.45, 2.75) is 19.1 Å². The number of nitrogens with zero attached hydrogens (tertiary/aromatic N) is 4. The Morgan fingerprint density at radius 3 is 2.75 bits per heavy atom. The Morgan fingerprint density at radius 2 is 2.06 bits per heavy atom. The van der Waals surface area contributed by atoms with E-state index in [1.165, 1.54) is 17.1 Å². The monoisotopic (exact) mass is 447 g/mol. The number of hydrogen-bond acceptors (Lipinski definition) is 4. The Labute approximate surface area is 179 Å². The zero-order valence-corrected chi connectivity index (χ0v) is 16.7. The number of aromatic nitrogens is 3. The van der Waals surface area contributed by atoms with E-state index in [0.29, 0.717) is 23.2 Å². The lowest BCUT2D eigenvalue weighted by Crippen LogP contribution is -2.31. The van der Waals surface area contributed by atoms with Gasteiger partial charge in [0.25, 0.3) is 0 Å². The molecule has 0 aliphatic carbocycles. The Kier molecular flexibility index (Phi) is 5.56. The van der Waals surface area contributed by atoms with E-state index in [1.807, 2.05) is 0 Å². The van der Waals surface area contributed by atoms with E-state index in [-0.39, 0.29) is 12.1 Å². The lowest BCUT2D eigenvalue weighted by Gasteiger charge is -2.16. The number of alkyl halides is 3. The number of carbonyl (C=O) groups is 1. The van der Waals surface area contributed by atoms with Crippen LogP contribution in [0.2, 0.25) is 0 Å². The molecule has 1 unspecified atom stereocenters. The van der Waals surface area contributed by atoms with Gasteiger partial charge in [-0.1, -0.05) is 12.1 Å². The molecule has 1 aliphatic rings. The molecule has 3 heterocycles. The molecule has 1 N–H and O–H groups in total. The van der Waals surface area contributed by atoms with E-state index in [1.54, 1.807) is 37.4 Å². The van der Waals surface area contributed by atoms with Gasteiger partial charge in [0.1, 0.15) is 11.5 Å². The van der Waals surface area contributed by atoms with Gasteiger partial charge in [-0.3, -0.25) is 9.67 Å². The summed E-state index contributed by atoms with van der Waals surface area (Å²) in [6.07, 6.45) is 1.48. The standard InChI is InChI=1S/C21H17F4N5O2/c1-13(16-6-5-14(10-17(16)22)21(23,24)25)29-12-15(11-27-29)28-20(31)30-9-7-19(32-30)18-4-2-3-8-26-18/h2-8,10-13H,9H2,1H3,(H,28,31). The van der Waals surface area contributed by atoms with Crippen LogP contribution in [0.15, 0.2) is 61.1 Å². The summed E-state index contributed by atoms with van der Waals surface area (Å²) >= 11 is 0. The normalized spacial score (nSPS) is 14.7. The van der Waals surface area contributed by atoms with E-state index < -0.39 is 29.6 Å². The lowest BCUT2D eigenvalue weighted by molar-refractivity contribution is -0.137. The first-order valence-corrected chi connectivity index (χ1v) is 9.51. The molecule has 1 aliphatic heterocycles. The average molecular weight is 447 g/mol. The number of rotatable bonds is 4. The van der Waals surface area contributed by atoms with E-state index >= 15 is 0 Å². The van der Waals surface area contributed by atoms with E-state index in [9.17, 15) is 22.4 Å². The maximum absolute atomic E-state index is 14.3. The van der Waals surface area contributed by atoms with Gasteiger partial charge in [-0.15, -0.1) is 0 Å². The van der Waals surface area contributed by atoms with Crippen LogP contribution in [0.5, 0.6) is 0 Å². The van der Waals surface area contributed by atoms with Gasteiger partial charge in [-0.25, -0.2) is 9.18 Å². The molecule has 1 aromatic carbocycles. The Morgan fingerprint density at radius 1 is 1.25 bits per heavy atom. The van der Waals surface area contributed by atoms with Crippen molar-refractivity contribution in [2.75, 3.05) is 11.9 Å². The predicted molar refractivity (Wildman–Crippen MR) is 106 cm³/mol. The first-order chi connectivity index (χ1) is 15.2. The van der Waals surface area contributed by atoms with Gasteiger partial charge in [-0.05, 0) is 37.3 Å². The quantitative estimate of drug-likeness (QED) is 0.580. The van der Waals surface area contributed by atoms with Crippen LogP contribution in [0.3, 0.4) is 0 Å². The van der Waals surface area contributed by atoms with Crippen LogP contribution in [-0.2, 0) is 11.0 Å². The van der Waals surface area contributed by atoms with Crippen molar-refractivity contribution < 1.29 is 27.2 Å². The second-order valence-corrected chi connectivity index (χ2v) is 6.98. The summed E-state index contributed by atoms with van der Waals surface area (Å²) in [5.41, 5.74) is -0.137. The zero-order valence-electron chi connectivity index (χ0n) is 16.7. The van der Waals surface area contributed by atoms with Crippen molar-refractivity contribution in [2.24, 2.45) is 0 Å². The minimum Gasteiger partial charge on any atom is -0.373 e. The van der Waals surface area contributed by atoms with Crippen LogP contribution in [0.4, 0.5) is 28.0 Å². The number of anilines is 1. The SMILES string of the molecule is CC(c1ccc(C(F)(F)F)cc1F)n1cc(NC(=O)N2CC=C(c3ccccn3)O2)cn1. The zero-order chi connectivity index (χ0) is 22.9. The summed E-state index contributed by atoms with van der Waals surface area (Å²) in [5.74, 6) is -0.546. The maximum Gasteiger partial charge on any atom is 0.416 e. The van der Waals surface area contributed by atoms with Gasteiger partial charge in [-0.2, -0.15) is 23.3 Å². The van der Waals surface area contributed by atoms with Crippen LogP contribution in [0.25, 0.3) is 5.76 Å². The highest BCUT2D eigenvalue weighted by Crippen LogP contribution is 2.32. The number of pyridine rings is 1. The third-order valence-electron chi connectivity index (χ3n) is 4.82. The number of hydrogen-bond donors (Lipinski definition) is 1. The van der Waals surface area contributed by atoms with Gasteiger partial charge in [0.15, 0.2) is 5.76 Å². The van der Waals surface area contributed by atoms with Crippen LogP contribution >= 0.6 is 0 Å². The fraction of sp³-hybridized carbons (Fsp3) is 0.190. The fourth-order valence-corrected chi connectivity index (χ4v) is 3.13. The number of nitrogens with one attached hydrogen (secondary N) is 1. The molecular weight excluding hydrogens is 430 g/mol. The molecule has 0 fully saturated rings. The summed E-state index contributed by atoms with van der Waals surface area (Å²) < 4.78 is 53.9. The number of carbonyl (C=O) groups excluding carboxylic acids is 1. The third kappa shape index (κ3) is 4.41. The van der Waals surface area contributed by atoms with Gasteiger partial charge >= 0.3 is 12.2 Å². The molecule has 4 rings (SSSR count). The maximum atomic E-state index is 14.3. The largest absolute Gasteiger partial charge is 0.416 e. The fourth-order valence-electron chi connectivity index (χ4n) is 3.13.